The number of fused-ring (bicyclic) bond motifs is 1. The van der Waals surface area contributed by atoms with Gasteiger partial charge in [-0.25, -0.2) is 0 Å². The van der Waals surface area contributed by atoms with Crippen LogP contribution in [0.4, 0.5) is 5.69 Å². The zero-order chi connectivity index (χ0) is 18.6. The molecule has 6 heteroatoms. The summed E-state index contributed by atoms with van der Waals surface area (Å²) in [4.78, 5) is 12.3. The second-order valence-corrected chi connectivity index (χ2v) is 6.58. The summed E-state index contributed by atoms with van der Waals surface area (Å²) in [5.74, 6) is -0.0509. The Bertz CT molecular complexity index is 1080. The number of para-hydroxylation sites is 1. The minimum absolute atomic E-state index is 0.0509. The van der Waals surface area contributed by atoms with Gasteiger partial charge in [0.15, 0.2) is 0 Å². The summed E-state index contributed by atoms with van der Waals surface area (Å²) < 4.78 is 3.69. The van der Waals surface area contributed by atoms with Gasteiger partial charge in [-0.2, -0.15) is 10.2 Å². The number of anilines is 1. The van der Waals surface area contributed by atoms with Crippen LogP contribution in [-0.2, 0) is 17.9 Å². The Morgan fingerprint density at radius 2 is 1.85 bits per heavy atom. The molecule has 136 valence electrons. The molecule has 4 aromatic rings. The highest BCUT2D eigenvalue weighted by atomic mass is 16.1. The van der Waals surface area contributed by atoms with Crippen LogP contribution in [0.25, 0.3) is 10.9 Å². The van der Waals surface area contributed by atoms with E-state index in [1.807, 2.05) is 58.2 Å². The van der Waals surface area contributed by atoms with E-state index in [2.05, 4.69) is 34.6 Å². The predicted octanol–water partition coefficient (Wildman–Crippen LogP) is 3.62. The Morgan fingerprint density at radius 3 is 2.74 bits per heavy atom. The van der Waals surface area contributed by atoms with Crippen LogP contribution in [0.1, 0.15) is 17.5 Å². The lowest BCUT2D eigenvalue weighted by Gasteiger charge is -2.06. The summed E-state index contributed by atoms with van der Waals surface area (Å²) in [6.07, 6.45) is 5.71. The standard InChI is InChI=1S/C21H21N5O/c1-16-6-2-3-8-18(16)14-25-15-19(13-22-25)24-21(27)10-11-26-20-9-5-4-7-17(20)12-23-26/h2-9,12-13,15H,10-11,14H2,1H3,(H,24,27). The van der Waals surface area contributed by atoms with E-state index < -0.39 is 0 Å². The number of nitrogens with one attached hydrogen (secondary N) is 1. The van der Waals surface area contributed by atoms with E-state index in [1.54, 1.807) is 6.20 Å². The number of rotatable bonds is 6. The number of carbonyl (C=O) groups is 1. The highest BCUT2D eigenvalue weighted by Gasteiger charge is 2.08. The molecule has 0 unspecified atom stereocenters. The molecule has 0 bridgehead atoms. The first-order valence-corrected chi connectivity index (χ1v) is 8.96. The van der Waals surface area contributed by atoms with Gasteiger partial charge >= 0.3 is 0 Å². The van der Waals surface area contributed by atoms with Gasteiger partial charge in [-0.3, -0.25) is 14.2 Å². The number of aromatic nitrogens is 4. The molecule has 0 saturated heterocycles. The van der Waals surface area contributed by atoms with Crippen molar-refractivity contribution in [2.45, 2.75) is 26.4 Å². The highest BCUT2D eigenvalue weighted by Crippen LogP contribution is 2.14. The van der Waals surface area contributed by atoms with Crippen LogP contribution in [0.15, 0.2) is 67.1 Å². The van der Waals surface area contributed by atoms with E-state index in [0.29, 0.717) is 25.2 Å². The molecule has 0 spiro atoms. The Hall–Kier alpha value is -3.41. The van der Waals surface area contributed by atoms with Gasteiger partial charge in [0.2, 0.25) is 5.91 Å². The quantitative estimate of drug-likeness (QED) is 0.572. The van der Waals surface area contributed by atoms with E-state index in [1.165, 1.54) is 11.1 Å². The smallest absolute Gasteiger partial charge is 0.226 e. The molecule has 1 amide bonds. The lowest BCUT2D eigenvalue weighted by Crippen LogP contribution is -2.14. The summed E-state index contributed by atoms with van der Waals surface area (Å²) in [7, 11) is 0. The van der Waals surface area contributed by atoms with Gasteiger partial charge in [-0.15, -0.1) is 0 Å². The van der Waals surface area contributed by atoms with E-state index in [9.17, 15) is 4.79 Å². The van der Waals surface area contributed by atoms with E-state index in [0.717, 1.165) is 10.9 Å². The Labute approximate surface area is 157 Å². The fraction of sp³-hybridized carbons (Fsp3) is 0.190. The number of amides is 1. The maximum atomic E-state index is 12.3. The lowest BCUT2D eigenvalue weighted by atomic mass is 10.1. The zero-order valence-electron chi connectivity index (χ0n) is 15.2. The van der Waals surface area contributed by atoms with Crippen molar-refractivity contribution >= 4 is 22.5 Å². The highest BCUT2D eigenvalue weighted by molar-refractivity contribution is 5.90. The first-order chi connectivity index (χ1) is 13.2. The van der Waals surface area contributed by atoms with E-state index in [-0.39, 0.29) is 5.91 Å². The maximum absolute atomic E-state index is 12.3. The minimum Gasteiger partial charge on any atom is -0.323 e. The normalized spacial score (nSPS) is 11.0. The SMILES string of the molecule is Cc1ccccc1Cn1cc(NC(=O)CCn2ncc3ccccc32)cn1. The molecule has 4 rings (SSSR count). The van der Waals surface area contributed by atoms with Crippen LogP contribution in [0, 0.1) is 6.92 Å². The molecule has 27 heavy (non-hydrogen) atoms. The lowest BCUT2D eigenvalue weighted by molar-refractivity contribution is -0.116. The minimum atomic E-state index is -0.0509. The average Bonchev–Trinajstić information content (AvgIpc) is 3.29. The summed E-state index contributed by atoms with van der Waals surface area (Å²) in [6.45, 7) is 3.30. The third-order valence-electron chi connectivity index (χ3n) is 4.61. The molecular weight excluding hydrogens is 338 g/mol. The van der Waals surface area contributed by atoms with Crippen molar-refractivity contribution in [1.82, 2.24) is 19.6 Å². The van der Waals surface area contributed by atoms with Gasteiger partial charge < -0.3 is 5.32 Å². The Morgan fingerprint density at radius 1 is 1.04 bits per heavy atom. The first kappa shape index (κ1) is 17.0. The topological polar surface area (TPSA) is 64.7 Å². The molecule has 0 aliphatic heterocycles. The number of benzene rings is 2. The van der Waals surface area contributed by atoms with Crippen molar-refractivity contribution in [3.8, 4) is 0 Å². The zero-order valence-corrected chi connectivity index (χ0v) is 15.2. The fourth-order valence-electron chi connectivity index (χ4n) is 3.11. The third kappa shape index (κ3) is 3.89. The van der Waals surface area contributed by atoms with Crippen LogP contribution in [0.2, 0.25) is 0 Å². The molecule has 2 heterocycles. The second-order valence-electron chi connectivity index (χ2n) is 6.58. The summed E-state index contributed by atoms with van der Waals surface area (Å²) in [5, 5.41) is 12.7. The first-order valence-electron chi connectivity index (χ1n) is 8.96. The van der Waals surface area contributed by atoms with Crippen molar-refractivity contribution in [3.05, 3.63) is 78.2 Å². The largest absolute Gasteiger partial charge is 0.323 e. The third-order valence-corrected chi connectivity index (χ3v) is 4.61. The number of hydrogen-bond acceptors (Lipinski definition) is 3. The van der Waals surface area contributed by atoms with Crippen LogP contribution in [0.5, 0.6) is 0 Å². The van der Waals surface area contributed by atoms with Gasteiger partial charge in [0.1, 0.15) is 0 Å². The maximum Gasteiger partial charge on any atom is 0.226 e. The Kier molecular flexibility index (Phi) is 4.70. The number of nitrogens with zero attached hydrogens (tertiary/aromatic N) is 4. The van der Waals surface area contributed by atoms with Crippen molar-refractivity contribution in [2.24, 2.45) is 0 Å². The van der Waals surface area contributed by atoms with Gasteiger partial charge in [0, 0.05) is 18.0 Å². The van der Waals surface area contributed by atoms with Crippen LogP contribution >= 0.6 is 0 Å². The molecule has 0 radical (unpaired) electrons. The van der Waals surface area contributed by atoms with Crippen LogP contribution < -0.4 is 5.32 Å². The molecule has 0 aliphatic rings. The molecule has 0 saturated carbocycles. The number of aryl methyl sites for hydroxylation is 2. The Balaban J connectivity index is 1.35. The van der Waals surface area contributed by atoms with Crippen LogP contribution in [0.3, 0.4) is 0 Å². The summed E-state index contributed by atoms with van der Waals surface area (Å²) >= 11 is 0. The summed E-state index contributed by atoms with van der Waals surface area (Å²) in [5.41, 5.74) is 4.18. The molecule has 1 N–H and O–H groups in total. The molecule has 0 atom stereocenters. The van der Waals surface area contributed by atoms with Gasteiger partial charge in [-0.05, 0) is 24.1 Å². The second kappa shape index (κ2) is 7.45. The van der Waals surface area contributed by atoms with E-state index in [4.69, 9.17) is 0 Å². The fourth-order valence-corrected chi connectivity index (χ4v) is 3.11. The molecule has 0 fully saturated rings. The van der Waals surface area contributed by atoms with Crippen molar-refractivity contribution in [2.75, 3.05) is 5.32 Å². The van der Waals surface area contributed by atoms with Gasteiger partial charge in [0.05, 0.1) is 36.7 Å². The number of carbonyl (C=O) groups excluding carboxylic acids is 1. The molecule has 2 aromatic heterocycles. The van der Waals surface area contributed by atoms with Crippen LogP contribution in [-0.4, -0.2) is 25.5 Å². The molecule has 0 aliphatic carbocycles. The van der Waals surface area contributed by atoms with Crippen molar-refractivity contribution < 1.29 is 4.79 Å². The summed E-state index contributed by atoms with van der Waals surface area (Å²) in [6, 6.07) is 16.2. The molecule has 6 nitrogen and oxygen atoms in total. The molecular formula is C21H21N5O. The average molecular weight is 359 g/mol. The van der Waals surface area contributed by atoms with Crippen molar-refractivity contribution in [1.29, 1.82) is 0 Å². The van der Waals surface area contributed by atoms with Gasteiger partial charge in [0.25, 0.3) is 0 Å². The van der Waals surface area contributed by atoms with Gasteiger partial charge in [-0.1, -0.05) is 42.5 Å². The molecule has 2 aromatic carbocycles. The predicted molar refractivity (Wildman–Crippen MR) is 105 cm³/mol. The van der Waals surface area contributed by atoms with Crippen molar-refractivity contribution in [3.63, 3.8) is 0 Å². The number of hydrogen-bond donors (Lipinski definition) is 1. The monoisotopic (exact) mass is 359 g/mol. The van der Waals surface area contributed by atoms with E-state index >= 15 is 0 Å².